The zero-order valence-electron chi connectivity index (χ0n) is 14.2. The molecule has 6 nitrogen and oxygen atoms in total. The molecule has 1 aromatic rings. The van der Waals surface area contributed by atoms with Gasteiger partial charge in [0.05, 0.1) is 29.5 Å². The second-order valence-corrected chi connectivity index (χ2v) is 8.01. The third-order valence-corrected chi connectivity index (χ3v) is 6.08. The van der Waals surface area contributed by atoms with E-state index in [4.69, 9.17) is 4.74 Å². The largest absolute Gasteiger partial charge is 0.378 e. The molecule has 0 saturated carbocycles. The van der Waals surface area contributed by atoms with E-state index in [2.05, 4.69) is 4.40 Å². The molecule has 1 aliphatic heterocycles. The summed E-state index contributed by atoms with van der Waals surface area (Å²) in [5.41, 5.74) is 2.11. The third-order valence-electron chi connectivity index (χ3n) is 4.62. The van der Waals surface area contributed by atoms with Crippen LogP contribution in [-0.4, -0.2) is 51.8 Å². The number of nitrogens with zero attached hydrogens (tertiary/aromatic N) is 2. The number of fused-ring (bicyclic) bond motifs is 1. The standard InChI is InChI=1S/C19H20N2O4S/c22-19-16-8-4-3-7-15(16)17(13-18(19)21-9-11-25-12-10-21)20-26(23,24)14-5-1-2-6-14/h1-5,7-8,13,23-24H,6,9-12H2. The van der Waals surface area contributed by atoms with Crippen LogP contribution in [0.2, 0.25) is 0 Å². The lowest BCUT2D eigenvalue weighted by atomic mass is 9.91. The van der Waals surface area contributed by atoms with Crippen LogP contribution in [0, 0.1) is 0 Å². The van der Waals surface area contributed by atoms with Crippen LogP contribution in [-0.2, 0) is 4.74 Å². The Morgan fingerprint density at radius 1 is 1.12 bits per heavy atom. The molecule has 0 unspecified atom stereocenters. The Labute approximate surface area is 153 Å². The van der Waals surface area contributed by atoms with Gasteiger partial charge in [0, 0.05) is 30.6 Å². The first-order valence-electron chi connectivity index (χ1n) is 8.48. The van der Waals surface area contributed by atoms with Crippen molar-refractivity contribution in [2.24, 2.45) is 4.40 Å². The highest BCUT2D eigenvalue weighted by Crippen LogP contribution is 2.52. The molecule has 0 spiro atoms. The number of allylic oxidation sites excluding steroid dienone is 6. The van der Waals surface area contributed by atoms with Crippen molar-refractivity contribution < 1.29 is 18.6 Å². The van der Waals surface area contributed by atoms with E-state index in [1.807, 2.05) is 17.0 Å². The lowest BCUT2D eigenvalue weighted by Crippen LogP contribution is -2.39. The first-order valence-corrected chi connectivity index (χ1v) is 9.99. The molecule has 0 bridgehead atoms. The van der Waals surface area contributed by atoms with E-state index in [-0.39, 0.29) is 5.78 Å². The fraction of sp³-hybridized carbons (Fsp3) is 0.263. The zero-order chi connectivity index (χ0) is 18.1. The Balaban J connectivity index is 1.78. The maximum absolute atomic E-state index is 12.9. The number of ether oxygens (including phenoxy) is 1. The van der Waals surface area contributed by atoms with Crippen molar-refractivity contribution in [3.8, 4) is 0 Å². The van der Waals surface area contributed by atoms with E-state index in [0.717, 1.165) is 0 Å². The number of morpholine rings is 1. The summed E-state index contributed by atoms with van der Waals surface area (Å²) in [5, 5.41) is 0. The van der Waals surface area contributed by atoms with Gasteiger partial charge in [-0.3, -0.25) is 13.9 Å². The molecule has 1 aromatic carbocycles. The fourth-order valence-corrected chi connectivity index (χ4v) is 4.38. The SMILES string of the molecule is O=C1C(N2CCOCC2)=CC(=NS(O)(O)C2=CC=CC2)c2ccccc21. The van der Waals surface area contributed by atoms with Crippen molar-refractivity contribution in [2.75, 3.05) is 26.3 Å². The van der Waals surface area contributed by atoms with Crippen molar-refractivity contribution >= 4 is 22.3 Å². The normalized spacial score (nSPS) is 22.3. The van der Waals surface area contributed by atoms with Gasteiger partial charge in [0.2, 0.25) is 5.78 Å². The first kappa shape index (κ1) is 17.2. The van der Waals surface area contributed by atoms with Gasteiger partial charge in [-0.1, -0.05) is 47.2 Å². The van der Waals surface area contributed by atoms with Crippen LogP contribution >= 0.6 is 10.8 Å². The van der Waals surface area contributed by atoms with Gasteiger partial charge in [-0.2, -0.15) is 4.40 Å². The summed E-state index contributed by atoms with van der Waals surface area (Å²) >= 11 is 0. The number of carbonyl (C=O) groups is 1. The quantitative estimate of drug-likeness (QED) is 0.850. The van der Waals surface area contributed by atoms with Crippen LogP contribution in [0.4, 0.5) is 0 Å². The van der Waals surface area contributed by atoms with E-state index < -0.39 is 10.8 Å². The Bertz CT molecular complexity index is 864. The molecular formula is C19H20N2O4S. The average Bonchev–Trinajstić information content (AvgIpc) is 3.21. The van der Waals surface area contributed by atoms with E-state index in [9.17, 15) is 13.9 Å². The molecule has 2 N–H and O–H groups in total. The molecule has 0 radical (unpaired) electrons. The fourth-order valence-electron chi connectivity index (χ4n) is 3.26. The minimum Gasteiger partial charge on any atom is -0.378 e. The minimum absolute atomic E-state index is 0.0697. The van der Waals surface area contributed by atoms with Gasteiger partial charge in [-0.15, -0.1) is 0 Å². The molecule has 2 aliphatic carbocycles. The van der Waals surface area contributed by atoms with Gasteiger partial charge in [0.25, 0.3) is 0 Å². The van der Waals surface area contributed by atoms with Crippen LogP contribution in [0.15, 0.2) is 63.6 Å². The smallest absolute Gasteiger partial charge is 0.209 e. The van der Waals surface area contributed by atoms with Crippen LogP contribution in [0.5, 0.6) is 0 Å². The van der Waals surface area contributed by atoms with Gasteiger partial charge in [-0.05, 0) is 12.2 Å². The average molecular weight is 372 g/mol. The monoisotopic (exact) mass is 372 g/mol. The first-order chi connectivity index (χ1) is 12.6. The summed E-state index contributed by atoms with van der Waals surface area (Å²) in [6.07, 6.45) is 7.48. The van der Waals surface area contributed by atoms with E-state index in [1.165, 1.54) is 0 Å². The summed E-state index contributed by atoms with van der Waals surface area (Å²) in [6.45, 7) is 2.37. The van der Waals surface area contributed by atoms with Crippen molar-refractivity contribution in [3.63, 3.8) is 0 Å². The highest BCUT2D eigenvalue weighted by molar-refractivity contribution is 8.26. The summed E-state index contributed by atoms with van der Waals surface area (Å²) in [4.78, 5) is 15.4. The van der Waals surface area contributed by atoms with Gasteiger partial charge < -0.3 is 9.64 Å². The van der Waals surface area contributed by atoms with Gasteiger partial charge in [0.15, 0.2) is 0 Å². The molecule has 1 heterocycles. The lowest BCUT2D eigenvalue weighted by molar-refractivity contribution is 0.0507. The molecule has 4 rings (SSSR count). The predicted molar refractivity (Wildman–Crippen MR) is 102 cm³/mol. The number of benzene rings is 1. The second-order valence-electron chi connectivity index (χ2n) is 6.26. The van der Waals surface area contributed by atoms with E-state index in [1.54, 1.807) is 36.4 Å². The van der Waals surface area contributed by atoms with Gasteiger partial charge in [-0.25, -0.2) is 0 Å². The van der Waals surface area contributed by atoms with Gasteiger partial charge in [0.1, 0.15) is 0 Å². The molecule has 7 heteroatoms. The van der Waals surface area contributed by atoms with Crippen LogP contribution in [0.25, 0.3) is 0 Å². The third kappa shape index (κ3) is 3.14. The lowest BCUT2D eigenvalue weighted by Gasteiger charge is -2.33. The number of hydrogen-bond acceptors (Lipinski definition) is 6. The van der Waals surface area contributed by atoms with Crippen molar-refractivity contribution in [2.45, 2.75) is 6.42 Å². The number of hydrogen-bond donors (Lipinski definition) is 2. The minimum atomic E-state index is -3.29. The maximum atomic E-state index is 12.9. The van der Waals surface area contributed by atoms with Crippen molar-refractivity contribution in [1.29, 1.82) is 0 Å². The topological polar surface area (TPSA) is 82.4 Å². The van der Waals surface area contributed by atoms with Crippen LogP contribution in [0.1, 0.15) is 22.3 Å². The Morgan fingerprint density at radius 3 is 2.54 bits per heavy atom. The Kier molecular flexibility index (Phi) is 4.54. The molecule has 26 heavy (non-hydrogen) atoms. The maximum Gasteiger partial charge on any atom is 0.209 e. The highest BCUT2D eigenvalue weighted by atomic mass is 32.3. The summed E-state index contributed by atoms with van der Waals surface area (Å²) in [7, 11) is -3.29. The van der Waals surface area contributed by atoms with E-state index in [0.29, 0.717) is 60.2 Å². The van der Waals surface area contributed by atoms with E-state index >= 15 is 0 Å². The summed E-state index contributed by atoms with van der Waals surface area (Å²) in [6, 6.07) is 7.16. The second kappa shape index (κ2) is 6.85. The zero-order valence-corrected chi connectivity index (χ0v) is 15.0. The Hall–Kier alpha value is -2.19. The number of ketones is 1. The van der Waals surface area contributed by atoms with Crippen LogP contribution in [0.3, 0.4) is 0 Å². The van der Waals surface area contributed by atoms with Crippen molar-refractivity contribution in [1.82, 2.24) is 4.90 Å². The van der Waals surface area contributed by atoms with Gasteiger partial charge >= 0.3 is 0 Å². The number of carbonyl (C=O) groups excluding carboxylic acids is 1. The highest BCUT2D eigenvalue weighted by Gasteiger charge is 2.30. The molecule has 3 aliphatic rings. The molecule has 136 valence electrons. The molecule has 1 saturated heterocycles. The number of rotatable bonds is 3. The summed E-state index contributed by atoms with van der Waals surface area (Å²) < 4.78 is 30.8. The van der Waals surface area contributed by atoms with Crippen molar-refractivity contribution in [3.05, 3.63) is 70.3 Å². The molecule has 1 fully saturated rings. The summed E-state index contributed by atoms with van der Waals surface area (Å²) in [5.74, 6) is -0.0697. The predicted octanol–water partition coefficient (Wildman–Crippen LogP) is 3.40. The molecule has 0 aromatic heterocycles. The Morgan fingerprint density at radius 2 is 1.85 bits per heavy atom. The number of Topliss-reactive ketones (excluding diaryl/α,β-unsaturated/α-hetero) is 1. The molecule has 0 atom stereocenters. The molecule has 0 amide bonds. The van der Waals surface area contributed by atoms with Crippen LogP contribution < -0.4 is 0 Å². The molecular weight excluding hydrogens is 352 g/mol.